The van der Waals surface area contributed by atoms with Crippen molar-refractivity contribution in [2.24, 2.45) is 0 Å². The minimum absolute atomic E-state index is 0.0938. The predicted octanol–water partition coefficient (Wildman–Crippen LogP) is 1.30. The fraction of sp³-hybridized carbons (Fsp3) is 0.417. The van der Waals surface area contributed by atoms with Crippen LogP contribution < -0.4 is 0 Å². The van der Waals surface area contributed by atoms with Gasteiger partial charge in [0, 0.05) is 12.6 Å². The van der Waals surface area contributed by atoms with Crippen LogP contribution in [0.2, 0.25) is 0 Å². The highest BCUT2D eigenvalue weighted by atomic mass is 19.1. The summed E-state index contributed by atoms with van der Waals surface area (Å²) in [4.78, 5) is 27.9. The van der Waals surface area contributed by atoms with Crippen molar-refractivity contribution >= 4 is 11.9 Å². The van der Waals surface area contributed by atoms with Crippen molar-refractivity contribution in [2.45, 2.75) is 25.3 Å². The molecular weight excluding hydrogens is 239 g/mol. The third-order valence-corrected chi connectivity index (χ3v) is 2.76. The lowest BCUT2D eigenvalue weighted by atomic mass is 10.3. The summed E-state index contributed by atoms with van der Waals surface area (Å²) in [5, 5.41) is 8.65. The summed E-state index contributed by atoms with van der Waals surface area (Å²) in [6, 6.07) is 2.58. The molecule has 1 aliphatic rings. The number of carbonyl (C=O) groups is 2. The Bertz CT molecular complexity index is 457. The monoisotopic (exact) mass is 252 g/mol. The van der Waals surface area contributed by atoms with E-state index in [4.69, 9.17) is 5.11 Å². The van der Waals surface area contributed by atoms with Gasteiger partial charge in [-0.05, 0) is 25.0 Å². The number of nitrogens with zero attached hydrogens (tertiary/aromatic N) is 2. The lowest BCUT2D eigenvalue weighted by Gasteiger charge is -2.21. The molecule has 1 heterocycles. The maximum atomic E-state index is 12.7. The van der Waals surface area contributed by atoms with Crippen LogP contribution in [-0.2, 0) is 4.79 Å². The maximum absolute atomic E-state index is 12.7. The van der Waals surface area contributed by atoms with Gasteiger partial charge in [0.25, 0.3) is 5.91 Å². The van der Waals surface area contributed by atoms with Gasteiger partial charge in [-0.2, -0.15) is 0 Å². The molecule has 5 nitrogen and oxygen atoms in total. The van der Waals surface area contributed by atoms with Crippen LogP contribution in [0.3, 0.4) is 0 Å². The topological polar surface area (TPSA) is 70.5 Å². The van der Waals surface area contributed by atoms with E-state index in [2.05, 4.69) is 4.98 Å². The van der Waals surface area contributed by atoms with E-state index < -0.39 is 11.8 Å². The van der Waals surface area contributed by atoms with E-state index in [0.717, 1.165) is 19.0 Å². The van der Waals surface area contributed by atoms with Crippen molar-refractivity contribution in [3.63, 3.8) is 0 Å². The Balaban J connectivity index is 2.07. The molecule has 1 fully saturated rings. The molecule has 96 valence electrons. The van der Waals surface area contributed by atoms with Crippen molar-refractivity contribution in [3.8, 4) is 0 Å². The number of carboxylic acid groups (broad SMARTS) is 1. The van der Waals surface area contributed by atoms with E-state index in [1.807, 2.05) is 0 Å². The van der Waals surface area contributed by atoms with E-state index >= 15 is 0 Å². The zero-order valence-corrected chi connectivity index (χ0v) is 9.67. The van der Waals surface area contributed by atoms with Gasteiger partial charge in [0.05, 0.1) is 12.6 Å². The molecule has 1 aromatic heterocycles. The molecule has 1 aliphatic carbocycles. The van der Waals surface area contributed by atoms with E-state index in [1.54, 1.807) is 0 Å². The number of rotatable bonds is 5. The Morgan fingerprint density at radius 3 is 2.67 bits per heavy atom. The molecule has 0 bridgehead atoms. The first-order valence-corrected chi connectivity index (χ1v) is 5.72. The third-order valence-electron chi connectivity index (χ3n) is 2.76. The van der Waals surface area contributed by atoms with Crippen LogP contribution in [0.5, 0.6) is 0 Å². The third kappa shape index (κ3) is 3.03. The number of aliphatic carboxylic acids is 1. The lowest BCUT2D eigenvalue weighted by molar-refractivity contribution is -0.137. The highest BCUT2D eigenvalue weighted by Crippen LogP contribution is 2.28. The van der Waals surface area contributed by atoms with Crippen LogP contribution in [0, 0.1) is 5.82 Å². The van der Waals surface area contributed by atoms with Crippen molar-refractivity contribution in [1.29, 1.82) is 0 Å². The number of hydrogen-bond donors (Lipinski definition) is 1. The molecule has 1 saturated carbocycles. The van der Waals surface area contributed by atoms with Gasteiger partial charge in [-0.3, -0.25) is 9.59 Å². The molecule has 0 unspecified atom stereocenters. The number of hydrogen-bond acceptors (Lipinski definition) is 3. The first-order chi connectivity index (χ1) is 8.58. The summed E-state index contributed by atoms with van der Waals surface area (Å²) in [5.41, 5.74) is 0.147. The van der Waals surface area contributed by atoms with E-state index in [1.165, 1.54) is 17.0 Å². The van der Waals surface area contributed by atoms with Gasteiger partial charge in [0.1, 0.15) is 11.5 Å². The standard InChI is InChI=1S/C12H13FN2O3/c13-8-1-4-10(14-7-8)12(18)15(9-2-3-9)6-5-11(16)17/h1,4,7,9H,2-3,5-6H2,(H,16,17). The molecule has 0 spiro atoms. The Kier molecular flexibility index (Phi) is 3.55. The molecule has 0 saturated heterocycles. The summed E-state index contributed by atoms with van der Waals surface area (Å²) in [6.07, 6.45) is 2.65. The van der Waals surface area contributed by atoms with Crippen molar-refractivity contribution in [3.05, 3.63) is 29.8 Å². The van der Waals surface area contributed by atoms with Crippen LogP contribution in [0.15, 0.2) is 18.3 Å². The number of halogens is 1. The summed E-state index contributed by atoms with van der Waals surface area (Å²) >= 11 is 0. The zero-order valence-electron chi connectivity index (χ0n) is 9.67. The normalized spacial score (nSPS) is 14.3. The quantitative estimate of drug-likeness (QED) is 0.857. The first-order valence-electron chi connectivity index (χ1n) is 5.72. The van der Waals surface area contributed by atoms with Gasteiger partial charge in [-0.25, -0.2) is 9.37 Å². The second-order valence-electron chi connectivity index (χ2n) is 4.24. The lowest BCUT2D eigenvalue weighted by Crippen LogP contribution is -2.35. The molecule has 1 N–H and O–H groups in total. The van der Waals surface area contributed by atoms with Gasteiger partial charge in [-0.1, -0.05) is 0 Å². The van der Waals surface area contributed by atoms with Gasteiger partial charge in [0.2, 0.25) is 0 Å². The van der Waals surface area contributed by atoms with Crippen LogP contribution in [0.4, 0.5) is 4.39 Å². The highest BCUT2D eigenvalue weighted by Gasteiger charge is 2.33. The Morgan fingerprint density at radius 2 is 2.17 bits per heavy atom. The Morgan fingerprint density at radius 1 is 1.44 bits per heavy atom. The molecule has 2 rings (SSSR count). The fourth-order valence-electron chi connectivity index (χ4n) is 1.70. The summed E-state index contributed by atoms with van der Waals surface area (Å²) < 4.78 is 12.7. The van der Waals surface area contributed by atoms with Gasteiger partial charge in [0.15, 0.2) is 0 Å². The van der Waals surface area contributed by atoms with E-state index in [9.17, 15) is 14.0 Å². The average molecular weight is 252 g/mol. The maximum Gasteiger partial charge on any atom is 0.305 e. The Labute approximate surface area is 103 Å². The predicted molar refractivity (Wildman–Crippen MR) is 60.5 cm³/mol. The largest absolute Gasteiger partial charge is 0.481 e. The molecule has 1 amide bonds. The number of aromatic nitrogens is 1. The average Bonchev–Trinajstić information content (AvgIpc) is 3.14. The fourth-order valence-corrected chi connectivity index (χ4v) is 1.70. The van der Waals surface area contributed by atoms with Crippen LogP contribution >= 0.6 is 0 Å². The van der Waals surface area contributed by atoms with Crippen molar-refractivity contribution in [1.82, 2.24) is 9.88 Å². The number of carbonyl (C=O) groups excluding carboxylic acids is 1. The molecular formula is C12H13FN2O3. The van der Waals surface area contributed by atoms with E-state index in [-0.39, 0.29) is 30.6 Å². The smallest absolute Gasteiger partial charge is 0.305 e. The number of carboxylic acids is 1. The van der Waals surface area contributed by atoms with Crippen LogP contribution in [0.25, 0.3) is 0 Å². The van der Waals surface area contributed by atoms with Gasteiger partial charge >= 0.3 is 5.97 Å². The molecule has 6 heteroatoms. The summed E-state index contributed by atoms with van der Waals surface area (Å²) in [5.74, 6) is -1.78. The van der Waals surface area contributed by atoms with Crippen molar-refractivity contribution < 1.29 is 19.1 Å². The first kappa shape index (κ1) is 12.5. The second kappa shape index (κ2) is 5.12. The summed E-state index contributed by atoms with van der Waals surface area (Å²) in [6.45, 7) is 0.165. The second-order valence-corrected chi connectivity index (χ2v) is 4.24. The minimum Gasteiger partial charge on any atom is -0.481 e. The van der Waals surface area contributed by atoms with Gasteiger partial charge < -0.3 is 10.0 Å². The number of pyridine rings is 1. The minimum atomic E-state index is -0.944. The molecule has 0 atom stereocenters. The van der Waals surface area contributed by atoms with Crippen molar-refractivity contribution in [2.75, 3.05) is 6.54 Å². The SMILES string of the molecule is O=C(O)CCN(C(=O)c1ccc(F)cn1)C1CC1. The highest BCUT2D eigenvalue weighted by molar-refractivity contribution is 5.92. The Hall–Kier alpha value is -1.98. The molecule has 0 aromatic carbocycles. The van der Waals surface area contributed by atoms with Gasteiger partial charge in [-0.15, -0.1) is 0 Å². The van der Waals surface area contributed by atoms with Crippen LogP contribution in [0.1, 0.15) is 29.8 Å². The zero-order chi connectivity index (χ0) is 13.1. The number of amides is 1. The summed E-state index contributed by atoms with van der Waals surface area (Å²) in [7, 11) is 0. The molecule has 0 radical (unpaired) electrons. The van der Waals surface area contributed by atoms with Crippen LogP contribution in [-0.4, -0.2) is 39.5 Å². The van der Waals surface area contributed by atoms with E-state index in [0.29, 0.717) is 0 Å². The molecule has 18 heavy (non-hydrogen) atoms. The molecule has 0 aliphatic heterocycles. The molecule has 1 aromatic rings.